The highest BCUT2D eigenvalue weighted by atomic mass is 19.1. The van der Waals surface area contributed by atoms with E-state index in [0.29, 0.717) is 5.92 Å². The molecule has 1 N–H and O–H groups in total. The van der Waals surface area contributed by atoms with Gasteiger partial charge in [0.25, 0.3) is 0 Å². The molecule has 4 heteroatoms. The van der Waals surface area contributed by atoms with Gasteiger partial charge in [-0.1, -0.05) is 36.8 Å². The quantitative estimate of drug-likeness (QED) is 0.874. The summed E-state index contributed by atoms with van der Waals surface area (Å²) in [5.74, 6) is 0.225. The Labute approximate surface area is 153 Å². The standard InChI is InChI=1S/C22H24FNO2/c1-14(25)24-20-13-22(26-21-7-3-6-19(20)21)17-5-2-4-16(12-17)15-8-10-18(23)11-9-15/h2,4-5,8-12,19-22H,3,6-7,13H2,1H3,(H,24,25)/t19-,20+,21+,22+/m0/s1. The van der Waals surface area contributed by atoms with Crippen LogP contribution >= 0.6 is 0 Å². The second-order valence-corrected chi connectivity index (χ2v) is 7.43. The van der Waals surface area contributed by atoms with Crippen LogP contribution < -0.4 is 5.32 Å². The predicted molar refractivity (Wildman–Crippen MR) is 99.0 cm³/mol. The number of hydrogen-bond acceptors (Lipinski definition) is 2. The molecule has 1 amide bonds. The maximum atomic E-state index is 13.2. The molecular weight excluding hydrogens is 329 g/mol. The Morgan fingerprint density at radius 1 is 1.12 bits per heavy atom. The minimum Gasteiger partial charge on any atom is -0.370 e. The van der Waals surface area contributed by atoms with E-state index in [0.717, 1.165) is 42.4 Å². The number of carbonyl (C=O) groups excluding carboxylic acids is 1. The Kier molecular flexibility index (Phi) is 4.77. The van der Waals surface area contributed by atoms with Crippen LogP contribution in [-0.2, 0) is 9.53 Å². The minimum absolute atomic E-state index is 0.0217. The monoisotopic (exact) mass is 353 g/mol. The summed E-state index contributed by atoms with van der Waals surface area (Å²) in [5.41, 5.74) is 3.16. The summed E-state index contributed by atoms with van der Waals surface area (Å²) in [4.78, 5) is 11.6. The number of rotatable bonds is 3. The van der Waals surface area contributed by atoms with Gasteiger partial charge in [-0.15, -0.1) is 0 Å². The summed E-state index contributed by atoms with van der Waals surface area (Å²) < 4.78 is 19.6. The molecule has 1 heterocycles. The molecule has 26 heavy (non-hydrogen) atoms. The van der Waals surface area contributed by atoms with Crippen molar-refractivity contribution in [1.29, 1.82) is 0 Å². The van der Waals surface area contributed by atoms with Crippen molar-refractivity contribution < 1.29 is 13.9 Å². The van der Waals surface area contributed by atoms with Crippen LogP contribution in [0.2, 0.25) is 0 Å². The van der Waals surface area contributed by atoms with E-state index in [1.807, 2.05) is 12.1 Å². The van der Waals surface area contributed by atoms with Crippen LogP contribution in [0.1, 0.15) is 44.3 Å². The first-order valence-corrected chi connectivity index (χ1v) is 9.38. The first-order valence-electron chi connectivity index (χ1n) is 9.38. The zero-order valence-electron chi connectivity index (χ0n) is 15.0. The van der Waals surface area contributed by atoms with Gasteiger partial charge in [-0.3, -0.25) is 4.79 Å². The van der Waals surface area contributed by atoms with Crippen LogP contribution in [-0.4, -0.2) is 18.1 Å². The molecule has 1 aliphatic heterocycles. The van der Waals surface area contributed by atoms with Gasteiger partial charge in [0.15, 0.2) is 0 Å². The lowest BCUT2D eigenvalue weighted by atomic mass is 9.85. The van der Waals surface area contributed by atoms with Crippen LogP contribution in [0.4, 0.5) is 4.39 Å². The molecule has 0 bridgehead atoms. The molecule has 4 atom stereocenters. The molecule has 0 unspecified atom stereocenters. The first-order chi connectivity index (χ1) is 12.6. The largest absolute Gasteiger partial charge is 0.370 e. The number of benzene rings is 2. The van der Waals surface area contributed by atoms with Gasteiger partial charge in [0.05, 0.1) is 12.2 Å². The minimum atomic E-state index is -0.231. The molecule has 0 radical (unpaired) electrons. The van der Waals surface area contributed by atoms with Crippen molar-refractivity contribution in [1.82, 2.24) is 5.32 Å². The van der Waals surface area contributed by atoms with E-state index in [9.17, 15) is 9.18 Å². The van der Waals surface area contributed by atoms with E-state index >= 15 is 0 Å². The van der Waals surface area contributed by atoms with Gasteiger partial charge < -0.3 is 10.1 Å². The summed E-state index contributed by atoms with van der Waals surface area (Å²) >= 11 is 0. The van der Waals surface area contributed by atoms with E-state index in [2.05, 4.69) is 17.4 Å². The molecule has 2 fully saturated rings. The maximum absolute atomic E-state index is 13.2. The Morgan fingerprint density at radius 2 is 1.92 bits per heavy atom. The highest BCUT2D eigenvalue weighted by Gasteiger charge is 2.42. The van der Waals surface area contributed by atoms with Crippen molar-refractivity contribution in [2.45, 2.75) is 50.9 Å². The van der Waals surface area contributed by atoms with E-state index < -0.39 is 0 Å². The van der Waals surface area contributed by atoms with E-state index in [1.54, 1.807) is 19.1 Å². The van der Waals surface area contributed by atoms with Gasteiger partial charge in [-0.25, -0.2) is 4.39 Å². The van der Waals surface area contributed by atoms with Crippen molar-refractivity contribution >= 4 is 5.91 Å². The fourth-order valence-electron chi connectivity index (χ4n) is 4.46. The number of hydrogen-bond donors (Lipinski definition) is 1. The molecule has 4 rings (SSSR count). The summed E-state index contributed by atoms with van der Waals surface area (Å²) in [6.07, 6.45) is 4.35. The molecule has 2 aromatic rings. The van der Waals surface area contributed by atoms with Gasteiger partial charge >= 0.3 is 0 Å². The zero-order valence-corrected chi connectivity index (χ0v) is 15.0. The van der Waals surface area contributed by atoms with Gasteiger partial charge in [0.1, 0.15) is 5.82 Å². The summed E-state index contributed by atoms with van der Waals surface area (Å²) in [7, 11) is 0. The normalized spacial score (nSPS) is 27.8. The molecule has 2 aromatic carbocycles. The van der Waals surface area contributed by atoms with Crippen molar-refractivity contribution in [3.05, 3.63) is 59.9 Å². The van der Waals surface area contributed by atoms with Gasteiger partial charge in [0.2, 0.25) is 5.91 Å². The molecule has 136 valence electrons. The van der Waals surface area contributed by atoms with E-state index in [-0.39, 0.29) is 30.0 Å². The summed E-state index contributed by atoms with van der Waals surface area (Å²) in [6.45, 7) is 1.59. The highest BCUT2D eigenvalue weighted by Crippen LogP contribution is 2.43. The van der Waals surface area contributed by atoms with Crippen LogP contribution in [0.3, 0.4) is 0 Å². The number of nitrogens with one attached hydrogen (secondary N) is 1. The van der Waals surface area contributed by atoms with Crippen LogP contribution in [0, 0.1) is 11.7 Å². The van der Waals surface area contributed by atoms with Crippen molar-refractivity contribution in [3.8, 4) is 11.1 Å². The highest BCUT2D eigenvalue weighted by molar-refractivity contribution is 5.73. The fourth-order valence-corrected chi connectivity index (χ4v) is 4.46. The Balaban J connectivity index is 1.59. The topological polar surface area (TPSA) is 38.3 Å². The smallest absolute Gasteiger partial charge is 0.217 e. The molecule has 1 saturated carbocycles. The van der Waals surface area contributed by atoms with Crippen LogP contribution in [0.5, 0.6) is 0 Å². The van der Waals surface area contributed by atoms with Gasteiger partial charge in [-0.05, 0) is 54.2 Å². The number of ether oxygens (including phenoxy) is 1. The maximum Gasteiger partial charge on any atom is 0.217 e. The first kappa shape index (κ1) is 17.2. The molecule has 1 aliphatic carbocycles. The third kappa shape index (κ3) is 3.51. The molecule has 0 aromatic heterocycles. The fraction of sp³-hybridized carbons (Fsp3) is 0.409. The molecule has 3 nitrogen and oxygen atoms in total. The summed E-state index contributed by atoms with van der Waals surface area (Å²) in [5, 5.41) is 3.14. The third-order valence-electron chi connectivity index (χ3n) is 5.65. The average molecular weight is 353 g/mol. The number of carbonyl (C=O) groups is 1. The van der Waals surface area contributed by atoms with Gasteiger partial charge in [0, 0.05) is 18.9 Å². The zero-order chi connectivity index (χ0) is 18.1. The third-order valence-corrected chi connectivity index (χ3v) is 5.65. The van der Waals surface area contributed by atoms with Crippen molar-refractivity contribution in [2.24, 2.45) is 5.92 Å². The number of amides is 1. The number of fused-ring (bicyclic) bond motifs is 1. The van der Waals surface area contributed by atoms with Crippen LogP contribution in [0.15, 0.2) is 48.5 Å². The molecule has 1 saturated heterocycles. The van der Waals surface area contributed by atoms with Crippen LogP contribution in [0.25, 0.3) is 11.1 Å². The Hall–Kier alpha value is -2.20. The second-order valence-electron chi connectivity index (χ2n) is 7.43. The van der Waals surface area contributed by atoms with E-state index in [1.165, 1.54) is 12.1 Å². The van der Waals surface area contributed by atoms with Crippen molar-refractivity contribution in [2.75, 3.05) is 0 Å². The lowest BCUT2D eigenvalue weighted by Gasteiger charge is -2.39. The number of halogens is 1. The Morgan fingerprint density at radius 3 is 2.69 bits per heavy atom. The van der Waals surface area contributed by atoms with Gasteiger partial charge in [-0.2, -0.15) is 0 Å². The summed E-state index contributed by atoms with van der Waals surface area (Å²) in [6, 6.07) is 15.0. The lowest BCUT2D eigenvalue weighted by molar-refractivity contribution is -0.124. The van der Waals surface area contributed by atoms with Crippen molar-refractivity contribution in [3.63, 3.8) is 0 Å². The molecular formula is C22H24FNO2. The lowest BCUT2D eigenvalue weighted by Crippen LogP contribution is -2.47. The molecule has 0 spiro atoms. The average Bonchev–Trinajstić information content (AvgIpc) is 3.11. The van der Waals surface area contributed by atoms with E-state index in [4.69, 9.17) is 4.74 Å². The second kappa shape index (κ2) is 7.20. The molecule has 2 aliphatic rings. The predicted octanol–water partition coefficient (Wildman–Crippen LogP) is 4.63. The SMILES string of the molecule is CC(=O)N[C@@H]1C[C@H](c2cccc(-c3ccc(F)cc3)c2)O[C@@H]2CCC[C@@H]12. The Bertz CT molecular complexity index is 789.